The number of hydrogen-bond donors (Lipinski definition) is 0. The van der Waals surface area contributed by atoms with E-state index in [1.807, 2.05) is 6.92 Å². The van der Waals surface area contributed by atoms with Crippen molar-refractivity contribution < 1.29 is 13.2 Å². The Morgan fingerprint density at radius 3 is 3.00 bits per heavy atom. The number of ether oxygens (including phenoxy) is 1. The molecular weight excluding hydrogens is 276 g/mol. The Labute approximate surface area is 120 Å². The lowest BCUT2D eigenvalue weighted by atomic mass is 10.2. The van der Waals surface area contributed by atoms with Gasteiger partial charge in [-0.25, -0.2) is 8.42 Å². The number of anilines is 1. The molecule has 0 radical (unpaired) electrons. The molecule has 0 saturated heterocycles. The highest BCUT2D eigenvalue weighted by molar-refractivity contribution is 7.92. The summed E-state index contributed by atoms with van der Waals surface area (Å²) in [5.74, 6) is 0.511. The minimum atomic E-state index is -3.32. The Morgan fingerprint density at radius 2 is 2.30 bits per heavy atom. The van der Waals surface area contributed by atoms with E-state index >= 15 is 0 Å². The van der Waals surface area contributed by atoms with Crippen molar-refractivity contribution in [3.05, 3.63) is 24.0 Å². The van der Waals surface area contributed by atoms with Crippen LogP contribution in [0.4, 0.5) is 5.69 Å². The number of pyridine rings is 1. The van der Waals surface area contributed by atoms with Gasteiger partial charge in [-0.05, 0) is 43.7 Å². The van der Waals surface area contributed by atoms with Crippen LogP contribution in [-0.4, -0.2) is 38.4 Å². The number of aromatic nitrogens is 1. The maximum atomic E-state index is 12.6. The maximum Gasteiger partial charge on any atom is 0.237 e. The molecule has 0 N–H and O–H groups in total. The predicted molar refractivity (Wildman–Crippen MR) is 77.2 cm³/mol. The zero-order valence-corrected chi connectivity index (χ0v) is 12.5. The van der Waals surface area contributed by atoms with Crippen LogP contribution in [0.5, 0.6) is 0 Å². The Morgan fingerprint density at radius 1 is 1.50 bits per heavy atom. The Hall–Kier alpha value is -1.14. The van der Waals surface area contributed by atoms with Crippen molar-refractivity contribution in [1.29, 1.82) is 0 Å². The molecule has 1 unspecified atom stereocenters. The van der Waals surface area contributed by atoms with Gasteiger partial charge in [-0.3, -0.25) is 9.29 Å². The first-order valence-electron chi connectivity index (χ1n) is 7.16. The molecule has 1 atom stereocenters. The number of nitrogens with zero attached hydrogens (tertiary/aromatic N) is 2. The lowest BCUT2D eigenvalue weighted by Gasteiger charge is -2.23. The third-order valence-corrected chi connectivity index (χ3v) is 5.77. The molecule has 5 nitrogen and oxygen atoms in total. The summed E-state index contributed by atoms with van der Waals surface area (Å²) in [6, 6.07) is 1.78. The zero-order chi connectivity index (χ0) is 14.2. The van der Waals surface area contributed by atoms with Crippen LogP contribution in [0.1, 0.15) is 25.3 Å². The highest BCUT2D eigenvalue weighted by Crippen LogP contribution is 2.36. The monoisotopic (exact) mass is 296 g/mol. The first-order chi connectivity index (χ1) is 9.62. The third-order valence-electron chi connectivity index (χ3n) is 3.97. The second-order valence-corrected chi connectivity index (χ2v) is 7.37. The molecule has 2 aliphatic rings. The predicted octanol–water partition coefficient (Wildman–Crippen LogP) is 1.59. The van der Waals surface area contributed by atoms with Crippen LogP contribution in [0.2, 0.25) is 0 Å². The molecule has 1 saturated carbocycles. The van der Waals surface area contributed by atoms with Gasteiger partial charge in [0, 0.05) is 25.5 Å². The molecular formula is C14H20N2O3S. The van der Waals surface area contributed by atoms with E-state index in [0.29, 0.717) is 19.1 Å². The average molecular weight is 296 g/mol. The van der Waals surface area contributed by atoms with E-state index in [1.165, 1.54) is 4.31 Å². The van der Waals surface area contributed by atoms with Crippen molar-refractivity contribution in [2.45, 2.75) is 32.3 Å². The van der Waals surface area contributed by atoms with Gasteiger partial charge in [-0.1, -0.05) is 0 Å². The number of hydrogen-bond acceptors (Lipinski definition) is 4. The molecule has 0 amide bonds. The Bertz CT molecular complexity index is 584. The third kappa shape index (κ3) is 2.67. The van der Waals surface area contributed by atoms with E-state index < -0.39 is 10.0 Å². The first-order valence-corrected chi connectivity index (χ1v) is 8.77. The zero-order valence-electron chi connectivity index (χ0n) is 11.7. The molecule has 0 bridgehead atoms. The standard InChI is InChI=1S/C14H20N2O3S/c1-2-19-14(11-3-4-11)10-20(17,18)16-8-6-12-9-15-7-5-13(12)16/h5,7,9,11,14H,2-4,6,8,10H2,1H3. The lowest BCUT2D eigenvalue weighted by Crippen LogP contribution is -2.37. The van der Waals surface area contributed by atoms with E-state index in [9.17, 15) is 8.42 Å². The van der Waals surface area contributed by atoms with Crippen molar-refractivity contribution in [3.8, 4) is 0 Å². The minimum Gasteiger partial charge on any atom is -0.377 e. The van der Waals surface area contributed by atoms with Crippen molar-refractivity contribution in [3.63, 3.8) is 0 Å². The van der Waals surface area contributed by atoms with Crippen LogP contribution in [0.25, 0.3) is 0 Å². The fourth-order valence-electron chi connectivity index (χ4n) is 2.79. The first kappa shape index (κ1) is 13.8. The van der Waals surface area contributed by atoms with Gasteiger partial charge in [-0.2, -0.15) is 0 Å². The van der Waals surface area contributed by atoms with Gasteiger partial charge in [-0.15, -0.1) is 0 Å². The van der Waals surface area contributed by atoms with Gasteiger partial charge in [0.15, 0.2) is 0 Å². The summed E-state index contributed by atoms with van der Waals surface area (Å²) >= 11 is 0. The second kappa shape index (κ2) is 5.33. The van der Waals surface area contributed by atoms with Crippen molar-refractivity contribution in [2.75, 3.05) is 23.2 Å². The van der Waals surface area contributed by atoms with E-state index in [0.717, 1.165) is 30.5 Å². The summed E-state index contributed by atoms with van der Waals surface area (Å²) in [7, 11) is -3.32. The number of fused-ring (bicyclic) bond motifs is 1. The number of rotatable bonds is 6. The van der Waals surface area contributed by atoms with Crippen LogP contribution in [0.15, 0.2) is 18.5 Å². The molecule has 1 aromatic rings. The topological polar surface area (TPSA) is 59.5 Å². The second-order valence-electron chi connectivity index (χ2n) is 5.44. The van der Waals surface area contributed by atoms with E-state index in [2.05, 4.69) is 4.98 Å². The highest BCUT2D eigenvalue weighted by Gasteiger charge is 2.38. The summed E-state index contributed by atoms with van der Waals surface area (Å²) in [4.78, 5) is 4.06. The molecule has 6 heteroatoms. The lowest BCUT2D eigenvalue weighted by molar-refractivity contribution is 0.0631. The van der Waals surface area contributed by atoms with E-state index in [1.54, 1.807) is 18.5 Å². The minimum absolute atomic E-state index is 0.0905. The van der Waals surface area contributed by atoms with E-state index in [4.69, 9.17) is 4.74 Å². The number of sulfonamides is 1. The van der Waals surface area contributed by atoms with Gasteiger partial charge in [0.1, 0.15) is 0 Å². The van der Waals surface area contributed by atoms with Crippen molar-refractivity contribution in [1.82, 2.24) is 4.98 Å². The molecule has 110 valence electrons. The summed E-state index contributed by atoms with van der Waals surface area (Å²) in [6.07, 6.45) is 6.15. The largest absolute Gasteiger partial charge is 0.377 e. The van der Waals surface area contributed by atoms with E-state index in [-0.39, 0.29) is 11.9 Å². The summed E-state index contributed by atoms with van der Waals surface area (Å²) in [6.45, 7) is 3.00. The molecule has 0 aromatic carbocycles. The normalized spacial score (nSPS) is 19.9. The molecule has 1 aliphatic heterocycles. The smallest absolute Gasteiger partial charge is 0.237 e. The molecule has 1 aromatic heterocycles. The SMILES string of the molecule is CCOC(CS(=O)(=O)N1CCc2cnccc21)C1CC1. The van der Waals surface area contributed by atoms with Gasteiger partial charge in [0.2, 0.25) is 10.0 Å². The van der Waals surface area contributed by atoms with Crippen LogP contribution in [0.3, 0.4) is 0 Å². The molecule has 2 heterocycles. The quantitative estimate of drug-likeness (QED) is 0.800. The Kier molecular flexibility index (Phi) is 3.69. The van der Waals surface area contributed by atoms with Crippen LogP contribution in [0, 0.1) is 5.92 Å². The van der Waals surface area contributed by atoms with Gasteiger partial charge < -0.3 is 4.74 Å². The van der Waals surface area contributed by atoms with Crippen molar-refractivity contribution >= 4 is 15.7 Å². The van der Waals surface area contributed by atoms with Crippen LogP contribution >= 0.6 is 0 Å². The van der Waals surface area contributed by atoms with Crippen LogP contribution in [-0.2, 0) is 21.2 Å². The fraction of sp³-hybridized carbons (Fsp3) is 0.643. The van der Waals surface area contributed by atoms with Gasteiger partial charge in [0.25, 0.3) is 0 Å². The molecule has 3 rings (SSSR count). The van der Waals surface area contributed by atoms with Gasteiger partial charge in [0.05, 0.1) is 17.5 Å². The van der Waals surface area contributed by atoms with Gasteiger partial charge >= 0.3 is 0 Å². The molecule has 1 aliphatic carbocycles. The molecule has 20 heavy (non-hydrogen) atoms. The van der Waals surface area contributed by atoms with Crippen LogP contribution < -0.4 is 4.31 Å². The Balaban J connectivity index is 1.78. The fourth-order valence-corrected chi connectivity index (χ4v) is 4.60. The highest BCUT2D eigenvalue weighted by atomic mass is 32.2. The van der Waals surface area contributed by atoms with Crippen molar-refractivity contribution in [2.24, 2.45) is 5.92 Å². The summed E-state index contributed by atoms with van der Waals surface area (Å²) < 4.78 is 32.4. The molecule has 0 spiro atoms. The molecule has 1 fully saturated rings. The average Bonchev–Trinajstić information content (AvgIpc) is 3.17. The summed E-state index contributed by atoms with van der Waals surface area (Å²) in [5.41, 5.74) is 1.79. The maximum absolute atomic E-state index is 12.6. The summed E-state index contributed by atoms with van der Waals surface area (Å²) in [5, 5.41) is 0.